The predicted molar refractivity (Wildman–Crippen MR) is 56.9 cm³/mol. The minimum absolute atomic E-state index is 0.0888. The molecular formula is C11H13ClO. The smallest absolute Gasteiger partial charge is 0.0642 e. The molecule has 0 bridgehead atoms. The van der Waals surface area contributed by atoms with Gasteiger partial charge in [0.25, 0.3) is 0 Å². The van der Waals surface area contributed by atoms with Gasteiger partial charge >= 0.3 is 0 Å². The second-order valence-electron chi connectivity index (χ2n) is 3.16. The summed E-state index contributed by atoms with van der Waals surface area (Å²) in [5, 5.41) is 9.58. The van der Waals surface area contributed by atoms with Crippen LogP contribution in [-0.4, -0.2) is 11.7 Å². The Morgan fingerprint density at radius 1 is 1.54 bits per heavy atom. The van der Waals surface area contributed by atoms with Crippen molar-refractivity contribution in [3.63, 3.8) is 0 Å². The van der Waals surface area contributed by atoms with Crippen molar-refractivity contribution in [3.8, 4) is 0 Å². The van der Waals surface area contributed by atoms with E-state index >= 15 is 0 Å². The molecule has 0 amide bonds. The van der Waals surface area contributed by atoms with Gasteiger partial charge in [-0.3, -0.25) is 0 Å². The van der Waals surface area contributed by atoms with Gasteiger partial charge in [0.05, 0.1) is 6.61 Å². The third-order valence-corrected chi connectivity index (χ3v) is 2.27. The van der Waals surface area contributed by atoms with Gasteiger partial charge in [-0.05, 0) is 36.6 Å². The highest BCUT2D eigenvalue weighted by Crippen LogP contribution is 2.18. The summed E-state index contributed by atoms with van der Waals surface area (Å²) in [6.07, 6.45) is 1.92. The summed E-state index contributed by atoms with van der Waals surface area (Å²) in [5.41, 5.74) is 3.03. The van der Waals surface area contributed by atoms with E-state index in [9.17, 15) is 0 Å². The summed E-state index contributed by atoms with van der Waals surface area (Å²) in [6.45, 7) is 3.94. The van der Waals surface area contributed by atoms with Crippen LogP contribution in [0, 0.1) is 6.92 Å². The van der Waals surface area contributed by atoms with Gasteiger partial charge in [-0.25, -0.2) is 0 Å². The second-order valence-corrected chi connectivity index (χ2v) is 3.56. The van der Waals surface area contributed by atoms with E-state index in [1.807, 2.05) is 38.1 Å². The van der Waals surface area contributed by atoms with Crippen molar-refractivity contribution in [3.05, 3.63) is 39.9 Å². The molecular weight excluding hydrogens is 184 g/mol. The molecule has 70 valence electrons. The van der Waals surface area contributed by atoms with Crippen molar-refractivity contribution in [2.24, 2.45) is 0 Å². The third-order valence-electron chi connectivity index (χ3n) is 1.86. The molecule has 0 unspecified atom stereocenters. The van der Waals surface area contributed by atoms with Gasteiger partial charge in [0.1, 0.15) is 0 Å². The minimum Gasteiger partial charge on any atom is -0.392 e. The molecule has 1 aromatic carbocycles. The quantitative estimate of drug-likeness (QED) is 0.771. The Bertz CT molecular complexity index is 329. The molecule has 13 heavy (non-hydrogen) atoms. The van der Waals surface area contributed by atoms with Crippen LogP contribution in [0.15, 0.2) is 23.8 Å². The summed E-state index contributed by atoms with van der Waals surface area (Å²) in [6, 6.07) is 5.86. The molecule has 0 spiro atoms. The number of rotatable bonds is 2. The Morgan fingerprint density at radius 2 is 2.23 bits per heavy atom. The zero-order valence-corrected chi connectivity index (χ0v) is 8.60. The fourth-order valence-corrected chi connectivity index (χ4v) is 1.22. The summed E-state index contributed by atoms with van der Waals surface area (Å²) in [4.78, 5) is 0. The van der Waals surface area contributed by atoms with Gasteiger partial charge in [-0.15, -0.1) is 0 Å². The Balaban J connectivity index is 2.98. The number of hydrogen-bond donors (Lipinski definition) is 1. The topological polar surface area (TPSA) is 20.2 Å². The van der Waals surface area contributed by atoms with E-state index in [0.29, 0.717) is 0 Å². The average molecular weight is 197 g/mol. The highest BCUT2D eigenvalue weighted by Gasteiger charge is 1.95. The number of hydrogen-bond acceptors (Lipinski definition) is 1. The van der Waals surface area contributed by atoms with Crippen LogP contribution in [-0.2, 0) is 0 Å². The van der Waals surface area contributed by atoms with E-state index in [2.05, 4.69) is 0 Å². The number of aliphatic hydroxyl groups is 1. The first-order valence-corrected chi connectivity index (χ1v) is 4.55. The highest BCUT2D eigenvalue weighted by atomic mass is 35.5. The monoisotopic (exact) mass is 196 g/mol. The molecule has 1 rings (SSSR count). The molecule has 0 aliphatic carbocycles. The lowest BCUT2D eigenvalue weighted by Gasteiger charge is -2.00. The Kier molecular flexibility index (Phi) is 3.52. The lowest BCUT2D eigenvalue weighted by atomic mass is 10.1. The molecule has 0 heterocycles. The first-order valence-electron chi connectivity index (χ1n) is 4.17. The Hall–Kier alpha value is -0.790. The summed E-state index contributed by atoms with van der Waals surface area (Å²) in [5.74, 6) is 0. The summed E-state index contributed by atoms with van der Waals surface area (Å²) >= 11 is 5.95. The minimum atomic E-state index is 0.0888. The van der Waals surface area contributed by atoms with Gasteiger partial charge in [0, 0.05) is 5.02 Å². The van der Waals surface area contributed by atoms with Crippen molar-refractivity contribution in [1.82, 2.24) is 0 Å². The average Bonchev–Trinajstić information content (AvgIpc) is 2.11. The lowest BCUT2D eigenvalue weighted by Crippen LogP contribution is -1.84. The van der Waals surface area contributed by atoms with Gasteiger partial charge < -0.3 is 5.11 Å². The van der Waals surface area contributed by atoms with Crippen molar-refractivity contribution in [1.29, 1.82) is 0 Å². The number of benzene rings is 1. The molecule has 0 aromatic heterocycles. The van der Waals surface area contributed by atoms with E-state index in [4.69, 9.17) is 16.7 Å². The van der Waals surface area contributed by atoms with Gasteiger partial charge in [-0.2, -0.15) is 0 Å². The van der Waals surface area contributed by atoms with Gasteiger partial charge in [-0.1, -0.05) is 29.8 Å². The second kappa shape index (κ2) is 4.45. The SMILES string of the molecule is C/C(=C/c1ccc(C)c(Cl)c1)CO. The van der Waals surface area contributed by atoms with Crippen molar-refractivity contribution >= 4 is 17.7 Å². The standard InChI is InChI=1S/C11H13ClO/c1-8(7-13)5-10-4-3-9(2)11(12)6-10/h3-6,13H,7H2,1-2H3/b8-5-. The first kappa shape index (κ1) is 10.3. The largest absolute Gasteiger partial charge is 0.392 e. The third kappa shape index (κ3) is 2.87. The lowest BCUT2D eigenvalue weighted by molar-refractivity contribution is 0.332. The molecule has 0 saturated carbocycles. The zero-order chi connectivity index (χ0) is 9.84. The summed E-state index contributed by atoms with van der Waals surface area (Å²) in [7, 11) is 0. The fourth-order valence-electron chi connectivity index (χ4n) is 1.03. The van der Waals surface area contributed by atoms with E-state index in [-0.39, 0.29) is 6.61 Å². The zero-order valence-electron chi connectivity index (χ0n) is 7.84. The number of aliphatic hydroxyl groups excluding tert-OH is 1. The Labute approximate surface area is 83.7 Å². The first-order chi connectivity index (χ1) is 6.13. The number of aryl methyl sites for hydroxylation is 1. The van der Waals surface area contributed by atoms with E-state index < -0.39 is 0 Å². The van der Waals surface area contributed by atoms with E-state index in [0.717, 1.165) is 21.7 Å². The summed E-state index contributed by atoms with van der Waals surface area (Å²) < 4.78 is 0. The molecule has 1 nitrogen and oxygen atoms in total. The van der Waals surface area contributed by atoms with Crippen molar-refractivity contribution < 1.29 is 5.11 Å². The van der Waals surface area contributed by atoms with E-state index in [1.54, 1.807) is 0 Å². The van der Waals surface area contributed by atoms with Crippen LogP contribution >= 0.6 is 11.6 Å². The Morgan fingerprint density at radius 3 is 2.77 bits per heavy atom. The molecule has 0 aliphatic heterocycles. The molecule has 0 atom stereocenters. The maximum absolute atomic E-state index is 8.82. The molecule has 1 N–H and O–H groups in total. The molecule has 0 radical (unpaired) electrons. The van der Waals surface area contributed by atoms with Crippen LogP contribution in [0.4, 0.5) is 0 Å². The maximum atomic E-state index is 8.82. The van der Waals surface area contributed by atoms with Gasteiger partial charge in [0.15, 0.2) is 0 Å². The predicted octanol–water partition coefficient (Wildman–Crippen LogP) is 3.04. The van der Waals surface area contributed by atoms with Crippen molar-refractivity contribution in [2.75, 3.05) is 6.61 Å². The maximum Gasteiger partial charge on any atom is 0.0642 e. The van der Waals surface area contributed by atoms with E-state index in [1.165, 1.54) is 0 Å². The normalized spacial score (nSPS) is 11.8. The fraction of sp³-hybridized carbons (Fsp3) is 0.273. The number of halogens is 1. The van der Waals surface area contributed by atoms with Crippen LogP contribution < -0.4 is 0 Å². The van der Waals surface area contributed by atoms with Crippen molar-refractivity contribution in [2.45, 2.75) is 13.8 Å². The molecule has 1 aromatic rings. The molecule has 0 aliphatic rings. The van der Waals surface area contributed by atoms with Crippen LogP contribution in [0.1, 0.15) is 18.1 Å². The molecule has 2 heteroatoms. The van der Waals surface area contributed by atoms with Crippen LogP contribution in [0.25, 0.3) is 6.08 Å². The molecule has 0 fully saturated rings. The highest BCUT2D eigenvalue weighted by molar-refractivity contribution is 6.31. The van der Waals surface area contributed by atoms with Crippen LogP contribution in [0.5, 0.6) is 0 Å². The van der Waals surface area contributed by atoms with Crippen LogP contribution in [0.2, 0.25) is 5.02 Å². The van der Waals surface area contributed by atoms with Gasteiger partial charge in [0.2, 0.25) is 0 Å². The molecule has 0 saturated heterocycles. The van der Waals surface area contributed by atoms with Crippen LogP contribution in [0.3, 0.4) is 0 Å².